The van der Waals surface area contributed by atoms with E-state index >= 15 is 0 Å². The van der Waals surface area contributed by atoms with Crippen LogP contribution in [0, 0.1) is 5.92 Å². The van der Waals surface area contributed by atoms with Crippen LogP contribution in [0.15, 0.2) is 30.5 Å². The molecule has 7 nitrogen and oxygen atoms in total. The molecule has 1 fully saturated rings. The summed E-state index contributed by atoms with van der Waals surface area (Å²) in [5.74, 6) is -0.575. The van der Waals surface area contributed by atoms with Crippen molar-refractivity contribution in [3.05, 3.63) is 41.7 Å². The van der Waals surface area contributed by atoms with Crippen LogP contribution in [-0.2, 0) is 22.8 Å². The molecule has 0 bridgehead atoms. The van der Waals surface area contributed by atoms with E-state index in [2.05, 4.69) is 15.1 Å². The van der Waals surface area contributed by atoms with Crippen LogP contribution in [0.1, 0.15) is 30.5 Å². The SMILES string of the molecule is CCOC(=O)[C@@H]1C[C@H]1c1nc(Oc2ccc(C(F)(F)F)cc2)nc2cn(C)nc12. The molecule has 2 atom stereocenters. The summed E-state index contributed by atoms with van der Waals surface area (Å²) in [4.78, 5) is 20.7. The van der Waals surface area contributed by atoms with Gasteiger partial charge >= 0.3 is 18.2 Å². The summed E-state index contributed by atoms with van der Waals surface area (Å²) in [5, 5.41) is 4.36. The lowest BCUT2D eigenvalue weighted by molar-refractivity contribution is -0.144. The van der Waals surface area contributed by atoms with Gasteiger partial charge in [0.15, 0.2) is 0 Å². The lowest BCUT2D eigenvalue weighted by atomic mass is 10.2. The van der Waals surface area contributed by atoms with Crippen molar-refractivity contribution in [2.24, 2.45) is 13.0 Å². The third-order valence-corrected chi connectivity index (χ3v) is 4.61. The lowest BCUT2D eigenvalue weighted by Crippen LogP contribution is -2.08. The van der Waals surface area contributed by atoms with E-state index in [1.807, 2.05) is 0 Å². The zero-order valence-electron chi connectivity index (χ0n) is 15.6. The number of hydrogen-bond acceptors (Lipinski definition) is 6. The minimum Gasteiger partial charge on any atom is -0.466 e. The summed E-state index contributed by atoms with van der Waals surface area (Å²) in [6, 6.07) is 4.25. The van der Waals surface area contributed by atoms with E-state index in [9.17, 15) is 18.0 Å². The van der Waals surface area contributed by atoms with Gasteiger partial charge in [0.25, 0.3) is 0 Å². The first kappa shape index (κ1) is 19.2. The minimum atomic E-state index is -4.43. The smallest absolute Gasteiger partial charge is 0.416 e. The Bertz CT molecular complexity index is 1060. The van der Waals surface area contributed by atoms with Crippen LogP contribution in [0.2, 0.25) is 0 Å². The highest BCUT2D eigenvalue weighted by atomic mass is 19.4. The van der Waals surface area contributed by atoms with E-state index in [1.54, 1.807) is 24.9 Å². The van der Waals surface area contributed by atoms with E-state index in [0.29, 0.717) is 29.8 Å². The summed E-state index contributed by atoms with van der Waals surface area (Å²) >= 11 is 0. The van der Waals surface area contributed by atoms with Crippen molar-refractivity contribution in [3.63, 3.8) is 0 Å². The van der Waals surface area contributed by atoms with Crippen molar-refractivity contribution in [2.45, 2.75) is 25.4 Å². The molecular weight excluding hydrogens is 389 g/mol. The first-order chi connectivity index (χ1) is 13.8. The number of ether oxygens (including phenoxy) is 2. The molecule has 0 N–H and O–H groups in total. The number of benzene rings is 1. The molecule has 0 saturated heterocycles. The first-order valence-corrected chi connectivity index (χ1v) is 8.99. The molecule has 0 radical (unpaired) electrons. The molecule has 1 saturated carbocycles. The van der Waals surface area contributed by atoms with Crippen LogP contribution in [0.25, 0.3) is 11.0 Å². The van der Waals surface area contributed by atoms with Gasteiger partial charge in [0.1, 0.15) is 16.8 Å². The van der Waals surface area contributed by atoms with Gasteiger partial charge in [0.2, 0.25) is 0 Å². The summed E-state index contributed by atoms with van der Waals surface area (Å²) in [6.07, 6.45) is -2.16. The van der Waals surface area contributed by atoms with E-state index in [-0.39, 0.29) is 29.6 Å². The van der Waals surface area contributed by atoms with Gasteiger partial charge in [0.05, 0.1) is 30.0 Å². The number of rotatable bonds is 5. The number of aryl methyl sites for hydroxylation is 1. The number of nitrogens with zero attached hydrogens (tertiary/aromatic N) is 4. The molecule has 152 valence electrons. The Kier molecular flexibility index (Phi) is 4.64. The Morgan fingerprint density at radius 3 is 2.62 bits per heavy atom. The monoisotopic (exact) mass is 406 g/mol. The molecule has 4 rings (SSSR count). The zero-order valence-corrected chi connectivity index (χ0v) is 15.6. The Morgan fingerprint density at radius 1 is 1.24 bits per heavy atom. The topological polar surface area (TPSA) is 79.1 Å². The van der Waals surface area contributed by atoms with Crippen LogP contribution < -0.4 is 4.74 Å². The van der Waals surface area contributed by atoms with Gasteiger partial charge < -0.3 is 9.47 Å². The first-order valence-electron chi connectivity index (χ1n) is 8.99. The van der Waals surface area contributed by atoms with E-state index < -0.39 is 11.7 Å². The van der Waals surface area contributed by atoms with E-state index in [0.717, 1.165) is 12.1 Å². The van der Waals surface area contributed by atoms with Gasteiger partial charge in [-0.1, -0.05) is 0 Å². The van der Waals surface area contributed by atoms with Crippen LogP contribution in [0.4, 0.5) is 13.2 Å². The molecule has 3 aromatic rings. The van der Waals surface area contributed by atoms with Crippen molar-refractivity contribution >= 4 is 17.0 Å². The zero-order chi connectivity index (χ0) is 20.8. The maximum absolute atomic E-state index is 12.7. The van der Waals surface area contributed by atoms with Gasteiger partial charge in [0, 0.05) is 13.0 Å². The maximum atomic E-state index is 12.7. The van der Waals surface area contributed by atoms with Gasteiger partial charge in [-0.3, -0.25) is 9.48 Å². The van der Waals surface area contributed by atoms with Crippen molar-refractivity contribution in [1.82, 2.24) is 19.7 Å². The van der Waals surface area contributed by atoms with Gasteiger partial charge in [-0.2, -0.15) is 28.2 Å². The second-order valence-corrected chi connectivity index (χ2v) is 6.75. The number of aromatic nitrogens is 4. The van der Waals surface area contributed by atoms with Crippen LogP contribution in [-0.4, -0.2) is 32.3 Å². The lowest BCUT2D eigenvalue weighted by Gasteiger charge is -2.09. The van der Waals surface area contributed by atoms with Crippen molar-refractivity contribution < 1.29 is 27.4 Å². The predicted molar refractivity (Wildman–Crippen MR) is 95.3 cm³/mol. The maximum Gasteiger partial charge on any atom is 0.416 e. The fourth-order valence-corrected chi connectivity index (χ4v) is 3.15. The molecule has 1 aliphatic rings. The highest BCUT2D eigenvalue weighted by Gasteiger charge is 2.47. The second-order valence-electron chi connectivity index (χ2n) is 6.75. The standard InChI is InChI=1S/C19H17F3N4O3/c1-3-28-17(27)13-8-12(13)15-16-14(9-26(2)25-16)23-18(24-15)29-11-6-4-10(5-7-11)19(20,21)22/h4-7,9,12-13H,3,8H2,1-2H3/t12-,13-/m1/s1. The molecule has 0 aliphatic heterocycles. The van der Waals surface area contributed by atoms with Crippen molar-refractivity contribution in [2.75, 3.05) is 6.61 Å². The summed E-state index contributed by atoms with van der Waals surface area (Å²) in [5.41, 5.74) is 0.873. The van der Waals surface area contributed by atoms with Gasteiger partial charge in [-0.25, -0.2) is 0 Å². The molecule has 2 aromatic heterocycles. The third-order valence-electron chi connectivity index (χ3n) is 4.61. The van der Waals surface area contributed by atoms with Crippen molar-refractivity contribution in [1.29, 1.82) is 0 Å². The highest BCUT2D eigenvalue weighted by molar-refractivity contribution is 5.82. The molecular formula is C19H17F3N4O3. The van der Waals surface area contributed by atoms with E-state index in [1.165, 1.54) is 12.1 Å². The Balaban J connectivity index is 1.63. The number of hydrogen-bond donors (Lipinski definition) is 0. The van der Waals surface area contributed by atoms with E-state index in [4.69, 9.17) is 9.47 Å². The molecule has 10 heteroatoms. The summed E-state index contributed by atoms with van der Waals surface area (Å²) in [6.45, 7) is 2.04. The highest BCUT2D eigenvalue weighted by Crippen LogP contribution is 2.49. The van der Waals surface area contributed by atoms with Gasteiger partial charge in [-0.15, -0.1) is 0 Å². The normalized spacial score (nSPS) is 18.7. The average Bonchev–Trinajstić information content (AvgIpc) is 3.36. The molecule has 2 heterocycles. The average molecular weight is 406 g/mol. The number of fused-ring (bicyclic) bond motifs is 1. The number of esters is 1. The molecule has 1 aromatic carbocycles. The fourth-order valence-electron chi connectivity index (χ4n) is 3.15. The summed E-state index contributed by atoms with van der Waals surface area (Å²) in [7, 11) is 1.73. The molecule has 0 amide bonds. The minimum absolute atomic E-state index is 0.0187. The largest absolute Gasteiger partial charge is 0.466 e. The summed E-state index contributed by atoms with van der Waals surface area (Å²) < 4.78 is 50.4. The van der Waals surface area contributed by atoms with Gasteiger partial charge in [-0.05, 0) is 37.6 Å². The molecule has 0 unspecified atom stereocenters. The van der Waals surface area contributed by atoms with Crippen LogP contribution in [0.5, 0.6) is 11.8 Å². The van der Waals surface area contributed by atoms with Crippen LogP contribution in [0.3, 0.4) is 0 Å². The molecule has 1 aliphatic carbocycles. The third kappa shape index (κ3) is 3.87. The predicted octanol–water partition coefficient (Wildman–Crippen LogP) is 3.84. The number of halogens is 3. The number of alkyl halides is 3. The van der Waals surface area contributed by atoms with Crippen LogP contribution >= 0.6 is 0 Å². The molecule has 0 spiro atoms. The Morgan fingerprint density at radius 2 is 1.97 bits per heavy atom. The second kappa shape index (κ2) is 7.02. The quantitative estimate of drug-likeness (QED) is 0.599. The number of carbonyl (C=O) groups is 1. The number of carbonyl (C=O) groups excluding carboxylic acids is 1. The fraction of sp³-hybridized carbons (Fsp3) is 0.368. The van der Waals surface area contributed by atoms with Crippen molar-refractivity contribution in [3.8, 4) is 11.8 Å². The Labute approximate surface area is 163 Å². The Hall–Kier alpha value is -3.17. The molecule has 29 heavy (non-hydrogen) atoms.